The van der Waals surface area contributed by atoms with E-state index >= 15 is 0 Å². The summed E-state index contributed by atoms with van der Waals surface area (Å²) in [4.78, 5) is 0. The highest BCUT2D eigenvalue weighted by molar-refractivity contribution is 5.13. The molecule has 0 bridgehead atoms. The lowest BCUT2D eigenvalue weighted by Crippen LogP contribution is -1.82. The van der Waals surface area contributed by atoms with E-state index in [1.54, 1.807) is 12.5 Å². The molecule has 2 nitrogen and oxygen atoms in total. The minimum atomic E-state index is 0.778. The van der Waals surface area contributed by atoms with E-state index in [-0.39, 0.29) is 0 Å². The van der Waals surface area contributed by atoms with Crippen LogP contribution in [-0.2, 0) is 6.42 Å². The Bertz CT molecular complexity index is 271. The molecular formula is C10H9O2. The Hall–Kier alpha value is -1.44. The number of rotatable bonds is 3. The van der Waals surface area contributed by atoms with Gasteiger partial charge in [-0.05, 0) is 24.3 Å². The molecule has 0 aliphatic rings. The first kappa shape index (κ1) is 7.22. The second-order valence-electron chi connectivity index (χ2n) is 2.50. The maximum Gasteiger partial charge on any atom is 0.108 e. The highest BCUT2D eigenvalue weighted by Gasteiger charge is 1.99. The molecule has 2 aromatic heterocycles. The maximum absolute atomic E-state index is 5.16. The van der Waals surface area contributed by atoms with E-state index in [1.807, 2.05) is 30.7 Å². The van der Waals surface area contributed by atoms with Crippen LogP contribution in [0.1, 0.15) is 11.5 Å². The van der Waals surface area contributed by atoms with Gasteiger partial charge in [0.15, 0.2) is 0 Å². The zero-order chi connectivity index (χ0) is 8.23. The summed E-state index contributed by atoms with van der Waals surface area (Å²) in [5, 5.41) is 0. The van der Waals surface area contributed by atoms with Crippen molar-refractivity contribution in [1.29, 1.82) is 0 Å². The SMILES string of the molecule is [CH](Cc1ccco1)c1ccco1. The van der Waals surface area contributed by atoms with Gasteiger partial charge in [-0.2, -0.15) is 0 Å². The van der Waals surface area contributed by atoms with Crippen molar-refractivity contribution >= 4 is 0 Å². The highest BCUT2D eigenvalue weighted by Crippen LogP contribution is 2.09. The second-order valence-corrected chi connectivity index (χ2v) is 2.50. The third kappa shape index (κ3) is 1.59. The van der Waals surface area contributed by atoms with Crippen molar-refractivity contribution in [2.75, 3.05) is 0 Å². The normalized spacial score (nSPS) is 10.3. The van der Waals surface area contributed by atoms with Crippen LogP contribution >= 0.6 is 0 Å². The predicted octanol–water partition coefficient (Wildman–Crippen LogP) is 2.67. The minimum absolute atomic E-state index is 0.778. The van der Waals surface area contributed by atoms with Crippen molar-refractivity contribution in [2.45, 2.75) is 6.42 Å². The average Bonchev–Trinajstić information content (AvgIpc) is 2.74. The summed E-state index contributed by atoms with van der Waals surface area (Å²) in [5.74, 6) is 1.83. The Labute approximate surface area is 70.8 Å². The quantitative estimate of drug-likeness (QED) is 0.691. The molecule has 2 heterocycles. The van der Waals surface area contributed by atoms with Gasteiger partial charge < -0.3 is 8.83 Å². The first-order valence-corrected chi connectivity index (χ1v) is 3.84. The Morgan fingerprint density at radius 2 is 1.92 bits per heavy atom. The molecule has 0 spiro atoms. The molecule has 0 aliphatic heterocycles. The predicted molar refractivity (Wildman–Crippen MR) is 44.5 cm³/mol. The van der Waals surface area contributed by atoms with Crippen LogP contribution in [0.2, 0.25) is 0 Å². The first-order chi connectivity index (χ1) is 5.95. The molecule has 0 unspecified atom stereocenters. The summed E-state index contributed by atoms with van der Waals surface area (Å²) in [5.41, 5.74) is 0. The molecule has 0 aliphatic carbocycles. The third-order valence-electron chi connectivity index (χ3n) is 1.63. The van der Waals surface area contributed by atoms with E-state index in [9.17, 15) is 0 Å². The lowest BCUT2D eigenvalue weighted by molar-refractivity contribution is 0.504. The average molecular weight is 161 g/mol. The molecule has 0 aromatic carbocycles. The van der Waals surface area contributed by atoms with Gasteiger partial charge in [-0.25, -0.2) is 0 Å². The topological polar surface area (TPSA) is 26.3 Å². The summed E-state index contributed by atoms with van der Waals surface area (Å²) in [6.45, 7) is 0. The molecule has 0 amide bonds. The molecule has 1 radical (unpaired) electrons. The van der Waals surface area contributed by atoms with Crippen LogP contribution in [0.4, 0.5) is 0 Å². The van der Waals surface area contributed by atoms with E-state index in [0.717, 1.165) is 17.9 Å². The molecule has 0 fully saturated rings. The zero-order valence-electron chi connectivity index (χ0n) is 6.57. The summed E-state index contributed by atoms with van der Waals surface area (Å²) < 4.78 is 10.3. The van der Waals surface area contributed by atoms with Gasteiger partial charge in [-0.3, -0.25) is 0 Å². The van der Waals surface area contributed by atoms with Crippen molar-refractivity contribution < 1.29 is 8.83 Å². The van der Waals surface area contributed by atoms with Gasteiger partial charge in [0.2, 0.25) is 0 Å². The van der Waals surface area contributed by atoms with Crippen molar-refractivity contribution in [2.24, 2.45) is 0 Å². The fraction of sp³-hybridized carbons (Fsp3) is 0.100. The Kier molecular flexibility index (Phi) is 1.99. The van der Waals surface area contributed by atoms with Gasteiger partial charge in [0.05, 0.1) is 12.5 Å². The number of hydrogen-bond donors (Lipinski definition) is 0. The van der Waals surface area contributed by atoms with E-state index < -0.39 is 0 Å². The monoisotopic (exact) mass is 161 g/mol. The van der Waals surface area contributed by atoms with Gasteiger partial charge in [-0.1, -0.05) is 0 Å². The van der Waals surface area contributed by atoms with E-state index in [2.05, 4.69) is 0 Å². The van der Waals surface area contributed by atoms with E-state index in [0.29, 0.717) is 0 Å². The van der Waals surface area contributed by atoms with Crippen LogP contribution in [0.25, 0.3) is 0 Å². The Balaban J connectivity index is 1.91. The fourth-order valence-electron chi connectivity index (χ4n) is 1.04. The molecule has 0 N–H and O–H groups in total. The maximum atomic E-state index is 5.16. The van der Waals surface area contributed by atoms with Crippen LogP contribution < -0.4 is 0 Å². The molecule has 12 heavy (non-hydrogen) atoms. The molecule has 2 heteroatoms. The summed E-state index contributed by atoms with van der Waals surface area (Å²) in [7, 11) is 0. The molecule has 61 valence electrons. The highest BCUT2D eigenvalue weighted by atomic mass is 16.3. The first-order valence-electron chi connectivity index (χ1n) is 3.84. The second kappa shape index (κ2) is 3.30. The molecular weight excluding hydrogens is 152 g/mol. The number of furan rings is 2. The van der Waals surface area contributed by atoms with Crippen molar-refractivity contribution in [3.8, 4) is 0 Å². The van der Waals surface area contributed by atoms with E-state index in [1.165, 1.54) is 0 Å². The zero-order valence-corrected chi connectivity index (χ0v) is 6.57. The van der Waals surface area contributed by atoms with E-state index in [4.69, 9.17) is 8.83 Å². The minimum Gasteiger partial charge on any atom is -0.469 e. The Morgan fingerprint density at radius 1 is 1.08 bits per heavy atom. The molecule has 2 aromatic rings. The molecule has 0 saturated heterocycles. The van der Waals surface area contributed by atoms with Crippen molar-refractivity contribution in [3.63, 3.8) is 0 Å². The summed E-state index contributed by atoms with van der Waals surface area (Å²) >= 11 is 0. The van der Waals surface area contributed by atoms with Gasteiger partial charge >= 0.3 is 0 Å². The molecule has 0 saturated carbocycles. The van der Waals surface area contributed by atoms with Crippen molar-refractivity contribution in [3.05, 3.63) is 54.7 Å². The van der Waals surface area contributed by atoms with Gasteiger partial charge in [0.25, 0.3) is 0 Å². The molecule has 0 atom stereocenters. The largest absolute Gasteiger partial charge is 0.469 e. The van der Waals surface area contributed by atoms with Crippen LogP contribution in [0.3, 0.4) is 0 Å². The summed E-state index contributed by atoms with van der Waals surface area (Å²) in [6.07, 6.45) is 6.10. The van der Waals surface area contributed by atoms with Gasteiger partial charge in [0.1, 0.15) is 11.5 Å². The van der Waals surface area contributed by atoms with Gasteiger partial charge in [0, 0.05) is 12.8 Å². The summed E-state index contributed by atoms with van der Waals surface area (Å²) in [6, 6.07) is 7.61. The standard InChI is InChI=1S/C10H9O2/c1-3-9(11-7-1)5-6-10-4-2-8-12-10/h1-5,7-8H,6H2. The molecule has 2 rings (SSSR count). The Morgan fingerprint density at radius 3 is 2.58 bits per heavy atom. The van der Waals surface area contributed by atoms with Crippen LogP contribution in [0, 0.1) is 6.42 Å². The smallest absolute Gasteiger partial charge is 0.108 e. The van der Waals surface area contributed by atoms with Crippen molar-refractivity contribution in [1.82, 2.24) is 0 Å². The fourth-order valence-corrected chi connectivity index (χ4v) is 1.04. The van der Waals surface area contributed by atoms with Crippen LogP contribution in [0.5, 0.6) is 0 Å². The van der Waals surface area contributed by atoms with Gasteiger partial charge in [-0.15, -0.1) is 0 Å². The third-order valence-corrected chi connectivity index (χ3v) is 1.63. The lowest BCUT2D eigenvalue weighted by atomic mass is 10.2. The lowest BCUT2D eigenvalue weighted by Gasteiger charge is -1.92. The van der Waals surface area contributed by atoms with Crippen LogP contribution in [-0.4, -0.2) is 0 Å². The van der Waals surface area contributed by atoms with Crippen LogP contribution in [0.15, 0.2) is 45.6 Å². The number of hydrogen-bond acceptors (Lipinski definition) is 2.